The molecule has 126 valence electrons. The van der Waals surface area contributed by atoms with Crippen molar-refractivity contribution in [3.8, 4) is 0 Å². The van der Waals surface area contributed by atoms with Crippen LogP contribution in [0.2, 0.25) is 0 Å². The van der Waals surface area contributed by atoms with E-state index in [9.17, 15) is 9.59 Å². The van der Waals surface area contributed by atoms with E-state index >= 15 is 0 Å². The van der Waals surface area contributed by atoms with E-state index in [-0.39, 0.29) is 17.9 Å². The Morgan fingerprint density at radius 2 is 1.68 bits per heavy atom. The molecule has 4 nitrogen and oxygen atoms in total. The summed E-state index contributed by atoms with van der Waals surface area (Å²) in [5, 5.41) is 0. The number of esters is 2. The fraction of sp³-hybridized carbons (Fsp3) is 0.889. The monoisotopic (exact) mass is 310 g/mol. The van der Waals surface area contributed by atoms with Crippen molar-refractivity contribution in [2.75, 3.05) is 14.2 Å². The number of hydrogen-bond acceptors (Lipinski definition) is 4. The summed E-state index contributed by atoms with van der Waals surface area (Å²) in [6.07, 6.45) is 9.72. The fourth-order valence-corrected chi connectivity index (χ4v) is 4.94. The third-order valence-electron chi connectivity index (χ3n) is 5.92. The lowest BCUT2D eigenvalue weighted by Crippen LogP contribution is -2.46. The average Bonchev–Trinajstić information content (AvgIpc) is 2.89. The first kappa shape index (κ1) is 17.3. The molecule has 2 rings (SSSR count). The van der Waals surface area contributed by atoms with Crippen LogP contribution in [0.3, 0.4) is 0 Å². The Morgan fingerprint density at radius 1 is 1.05 bits per heavy atom. The SMILES string of the molecule is CCCCCC1CC(C(=O)OC)(C(=O)OC)C2CCCCC12. The molecule has 2 aliphatic rings. The molecule has 0 aromatic carbocycles. The Balaban J connectivity index is 2.27. The van der Waals surface area contributed by atoms with E-state index in [1.165, 1.54) is 39.9 Å². The lowest BCUT2D eigenvalue weighted by molar-refractivity contribution is -0.173. The molecule has 0 spiro atoms. The van der Waals surface area contributed by atoms with Gasteiger partial charge in [0.15, 0.2) is 5.41 Å². The van der Waals surface area contributed by atoms with E-state index in [1.54, 1.807) is 0 Å². The predicted octanol–water partition coefficient (Wildman–Crippen LogP) is 3.73. The summed E-state index contributed by atoms with van der Waals surface area (Å²) in [6, 6.07) is 0. The third kappa shape index (κ3) is 2.89. The minimum atomic E-state index is -1.05. The minimum absolute atomic E-state index is 0.104. The second-order valence-corrected chi connectivity index (χ2v) is 6.97. The molecular formula is C18H30O4. The smallest absolute Gasteiger partial charge is 0.323 e. The topological polar surface area (TPSA) is 52.6 Å². The van der Waals surface area contributed by atoms with Crippen LogP contribution in [0.5, 0.6) is 0 Å². The molecule has 0 amide bonds. The maximum Gasteiger partial charge on any atom is 0.323 e. The highest BCUT2D eigenvalue weighted by molar-refractivity contribution is 6.01. The zero-order chi connectivity index (χ0) is 16.2. The summed E-state index contributed by atoms with van der Waals surface area (Å²) < 4.78 is 10.1. The van der Waals surface area contributed by atoms with E-state index in [2.05, 4.69) is 6.92 Å². The van der Waals surface area contributed by atoms with Crippen molar-refractivity contribution in [3.05, 3.63) is 0 Å². The molecule has 0 radical (unpaired) electrons. The van der Waals surface area contributed by atoms with Crippen molar-refractivity contribution < 1.29 is 19.1 Å². The van der Waals surface area contributed by atoms with E-state index in [4.69, 9.17) is 9.47 Å². The highest BCUT2D eigenvalue weighted by Crippen LogP contribution is 2.58. The van der Waals surface area contributed by atoms with Crippen molar-refractivity contribution in [1.82, 2.24) is 0 Å². The fourth-order valence-electron chi connectivity index (χ4n) is 4.94. The lowest BCUT2D eigenvalue weighted by atomic mass is 9.69. The van der Waals surface area contributed by atoms with Gasteiger partial charge in [0.2, 0.25) is 0 Å². The van der Waals surface area contributed by atoms with E-state index in [1.807, 2.05) is 0 Å². The zero-order valence-corrected chi connectivity index (χ0v) is 14.2. The first-order valence-corrected chi connectivity index (χ1v) is 8.78. The van der Waals surface area contributed by atoms with Crippen LogP contribution in [-0.2, 0) is 19.1 Å². The number of fused-ring (bicyclic) bond motifs is 1. The molecule has 0 bridgehead atoms. The molecule has 0 N–H and O–H groups in total. The van der Waals surface area contributed by atoms with Gasteiger partial charge in [-0.15, -0.1) is 0 Å². The van der Waals surface area contributed by atoms with Gasteiger partial charge in [-0.2, -0.15) is 0 Å². The van der Waals surface area contributed by atoms with E-state index in [0.29, 0.717) is 18.3 Å². The maximum absolute atomic E-state index is 12.5. The number of ether oxygens (including phenoxy) is 2. The Morgan fingerprint density at radius 3 is 2.27 bits per heavy atom. The molecule has 0 heterocycles. The predicted molar refractivity (Wildman–Crippen MR) is 84.2 cm³/mol. The van der Waals surface area contributed by atoms with Crippen LogP contribution in [0.25, 0.3) is 0 Å². The summed E-state index contributed by atoms with van der Waals surface area (Å²) in [4.78, 5) is 25.1. The summed E-state index contributed by atoms with van der Waals surface area (Å²) in [7, 11) is 2.77. The quantitative estimate of drug-likeness (QED) is 0.426. The second kappa shape index (κ2) is 7.47. The number of hydrogen-bond donors (Lipinski definition) is 0. The van der Waals surface area contributed by atoms with E-state index < -0.39 is 5.41 Å². The number of rotatable bonds is 6. The molecule has 0 saturated heterocycles. The number of methoxy groups -OCH3 is 2. The Kier molecular flexibility index (Phi) is 5.87. The molecule has 2 fully saturated rings. The molecule has 3 atom stereocenters. The Labute approximate surface area is 133 Å². The van der Waals surface area contributed by atoms with Gasteiger partial charge in [0.05, 0.1) is 14.2 Å². The Bertz CT molecular complexity index is 388. The number of carbonyl (C=O) groups is 2. The summed E-state index contributed by atoms with van der Waals surface area (Å²) in [5.74, 6) is 0.273. The largest absolute Gasteiger partial charge is 0.468 e. The van der Waals surface area contributed by atoms with Crippen LogP contribution in [-0.4, -0.2) is 26.2 Å². The van der Waals surface area contributed by atoms with Gasteiger partial charge in [-0.25, -0.2) is 0 Å². The van der Waals surface area contributed by atoms with Gasteiger partial charge in [0.25, 0.3) is 0 Å². The van der Waals surface area contributed by atoms with Crippen molar-refractivity contribution in [2.24, 2.45) is 23.2 Å². The van der Waals surface area contributed by atoms with Crippen molar-refractivity contribution >= 4 is 11.9 Å². The van der Waals surface area contributed by atoms with Gasteiger partial charge in [0.1, 0.15) is 0 Å². The third-order valence-corrected chi connectivity index (χ3v) is 5.92. The molecule has 22 heavy (non-hydrogen) atoms. The van der Waals surface area contributed by atoms with Gasteiger partial charge in [-0.1, -0.05) is 45.4 Å². The molecule has 3 unspecified atom stereocenters. The first-order chi connectivity index (χ1) is 10.6. The molecule has 0 aromatic heterocycles. The van der Waals surface area contributed by atoms with Gasteiger partial charge in [-0.05, 0) is 37.0 Å². The Hall–Kier alpha value is -1.06. The molecule has 0 aromatic rings. The average molecular weight is 310 g/mol. The van der Waals surface area contributed by atoms with Crippen LogP contribution in [0.4, 0.5) is 0 Å². The number of carbonyl (C=O) groups excluding carboxylic acids is 2. The molecule has 2 saturated carbocycles. The van der Waals surface area contributed by atoms with E-state index in [0.717, 1.165) is 25.7 Å². The molecule has 2 aliphatic carbocycles. The highest BCUT2D eigenvalue weighted by Gasteiger charge is 2.63. The van der Waals surface area contributed by atoms with Crippen molar-refractivity contribution in [1.29, 1.82) is 0 Å². The maximum atomic E-state index is 12.5. The normalized spacial score (nSPS) is 29.7. The van der Waals surface area contributed by atoms with Crippen LogP contribution in [0.1, 0.15) is 64.7 Å². The molecule has 4 heteroatoms. The van der Waals surface area contributed by atoms with Crippen molar-refractivity contribution in [2.45, 2.75) is 64.7 Å². The molecule has 0 aliphatic heterocycles. The van der Waals surface area contributed by atoms with Crippen LogP contribution in [0.15, 0.2) is 0 Å². The molecular weight excluding hydrogens is 280 g/mol. The lowest BCUT2D eigenvalue weighted by Gasteiger charge is -2.35. The van der Waals surface area contributed by atoms with Gasteiger partial charge in [-0.3, -0.25) is 9.59 Å². The van der Waals surface area contributed by atoms with Gasteiger partial charge in [0, 0.05) is 0 Å². The standard InChI is InChI=1S/C18H30O4/c1-4-5-6-9-13-12-18(16(19)21-2,17(20)22-3)15-11-8-7-10-14(13)15/h13-15H,4-12H2,1-3H3. The van der Waals surface area contributed by atoms with Crippen LogP contribution in [0, 0.1) is 23.2 Å². The van der Waals surface area contributed by atoms with Gasteiger partial charge >= 0.3 is 11.9 Å². The first-order valence-electron chi connectivity index (χ1n) is 8.78. The van der Waals surface area contributed by atoms with Crippen LogP contribution >= 0.6 is 0 Å². The minimum Gasteiger partial charge on any atom is -0.468 e. The number of unbranched alkanes of at least 4 members (excludes halogenated alkanes) is 2. The summed E-state index contributed by atoms with van der Waals surface area (Å²) in [5.41, 5.74) is -1.05. The highest BCUT2D eigenvalue weighted by atomic mass is 16.5. The van der Waals surface area contributed by atoms with Crippen molar-refractivity contribution in [3.63, 3.8) is 0 Å². The zero-order valence-electron chi connectivity index (χ0n) is 14.2. The van der Waals surface area contributed by atoms with Gasteiger partial charge < -0.3 is 9.47 Å². The summed E-state index contributed by atoms with van der Waals surface area (Å²) >= 11 is 0. The van der Waals surface area contributed by atoms with Crippen LogP contribution < -0.4 is 0 Å². The summed E-state index contributed by atoms with van der Waals surface area (Å²) in [6.45, 7) is 2.20. The second-order valence-electron chi connectivity index (χ2n) is 6.97.